The largest absolute Gasteiger partial charge is 0.332 e. The maximum atomic E-state index is 13.1. The molecule has 0 fully saturated rings. The fourth-order valence-electron chi connectivity index (χ4n) is 3.46. The molecule has 0 saturated heterocycles. The Labute approximate surface area is 173 Å². The predicted octanol–water partition coefficient (Wildman–Crippen LogP) is 1.83. The average Bonchev–Trinajstić information content (AvgIpc) is 3.38. The van der Waals surface area contributed by atoms with E-state index in [-0.39, 0.29) is 28.8 Å². The van der Waals surface area contributed by atoms with Crippen LogP contribution in [0, 0.1) is 13.8 Å². The Kier molecular flexibility index (Phi) is 4.55. The van der Waals surface area contributed by atoms with Crippen LogP contribution in [0.5, 0.6) is 0 Å². The van der Waals surface area contributed by atoms with Crippen LogP contribution in [-0.4, -0.2) is 34.0 Å². The van der Waals surface area contributed by atoms with Crippen LogP contribution in [0.4, 0.5) is 0 Å². The third kappa shape index (κ3) is 2.87. The molecule has 4 aromatic heterocycles. The Morgan fingerprint density at radius 3 is 2.59 bits per heavy atom. The van der Waals surface area contributed by atoms with Crippen LogP contribution in [0.25, 0.3) is 16.3 Å². The molecule has 11 heteroatoms. The summed E-state index contributed by atoms with van der Waals surface area (Å²) in [6, 6.07) is 1.79. The summed E-state index contributed by atoms with van der Waals surface area (Å²) in [6.07, 6.45) is 1.71. The van der Waals surface area contributed by atoms with Gasteiger partial charge < -0.3 is 4.57 Å². The standard InChI is InChI=1S/C18H17ClN6O3S/c1-9-7-11(10(2)25(9)17-20-5-6-29-17)12(26)8-24-13-14(21-16(24)19)22(3)18(28)23(4)15(13)27/h5-7H,8H2,1-4H3. The van der Waals surface area contributed by atoms with Gasteiger partial charge in [-0.2, -0.15) is 4.98 Å². The molecule has 0 radical (unpaired) electrons. The summed E-state index contributed by atoms with van der Waals surface area (Å²) >= 11 is 7.70. The van der Waals surface area contributed by atoms with Gasteiger partial charge in [-0.05, 0) is 31.5 Å². The third-order valence-electron chi connectivity index (χ3n) is 4.95. The smallest absolute Gasteiger partial charge is 0.301 e. The number of halogens is 1. The molecule has 0 N–H and O–H groups in total. The van der Waals surface area contributed by atoms with Crippen molar-refractivity contribution in [3.63, 3.8) is 0 Å². The van der Waals surface area contributed by atoms with Crippen LogP contribution in [0.2, 0.25) is 5.28 Å². The maximum Gasteiger partial charge on any atom is 0.332 e. The number of Topliss-reactive ketones (excluding diaryl/α,β-unsaturated/α-hetero) is 1. The number of aromatic nitrogens is 6. The number of hydrogen-bond donors (Lipinski definition) is 0. The first kappa shape index (κ1) is 19.3. The summed E-state index contributed by atoms with van der Waals surface area (Å²) < 4.78 is 5.46. The van der Waals surface area contributed by atoms with E-state index in [0.717, 1.165) is 21.1 Å². The van der Waals surface area contributed by atoms with Gasteiger partial charge in [-0.1, -0.05) is 0 Å². The number of nitrogens with zero attached hydrogens (tertiary/aromatic N) is 6. The molecule has 150 valence electrons. The van der Waals surface area contributed by atoms with Gasteiger partial charge >= 0.3 is 5.69 Å². The van der Waals surface area contributed by atoms with Crippen molar-refractivity contribution in [2.24, 2.45) is 14.1 Å². The van der Waals surface area contributed by atoms with Crippen LogP contribution in [0.3, 0.4) is 0 Å². The topological polar surface area (TPSA) is 96.7 Å². The number of carbonyl (C=O) groups is 1. The zero-order valence-electron chi connectivity index (χ0n) is 16.1. The van der Waals surface area contributed by atoms with Crippen molar-refractivity contribution >= 4 is 39.9 Å². The maximum absolute atomic E-state index is 13.1. The van der Waals surface area contributed by atoms with Crippen LogP contribution in [0.1, 0.15) is 21.7 Å². The molecule has 29 heavy (non-hydrogen) atoms. The van der Waals surface area contributed by atoms with E-state index in [1.165, 1.54) is 34.6 Å². The van der Waals surface area contributed by atoms with Gasteiger partial charge in [0.2, 0.25) is 5.28 Å². The molecular weight excluding hydrogens is 416 g/mol. The first-order valence-electron chi connectivity index (χ1n) is 8.66. The van der Waals surface area contributed by atoms with Gasteiger partial charge in [0.15, 0.2) is 22.1 Å². The molecule has 4 heterocycles. The Morgan fingerprint density at radius 1 is 1.21 bits per heavy atom. The van der Waals surface area contributed by atoms with Gasteiger partial charge in [0.05, 0.1) is 6.54 Å². The van der Waals surface area contributed by atoms with Crippen LogP contribution >= 0.6 is 22.9 Å². The van der Waals surface area contributed by atoms with Crippen LogP contribution in [-0.2, 0) is 20.6 Å². The lowest BCUT2D eigenvalue weighted by Crippen LogP contribution is -2.37. The lowest BCUT2D eigenvalue weighted by atomic mass is 10.1. The Balaban J connectivity index is 1.82. The van der Waals surface area contributed by atoms with Crippen molar-refractivity contribution in [2.75, 3.05) is 0 Å². The normalized spacial score (nSPS) is 11.5. The predicted molar refractivity (Wildman–Crippen MR) is 110 cm³/mol. The molecule has 4 aromatic rings. The molecule has 0 atom stereocenters. The number of hydrogen-bond acceptors (Lipinski definition) is 6. The van der Waals surface area contributed by atoms with Gasteiger partial charge in [0.1, 0.15) is 0 Å². The van der Waals surface area contributed by atoms with Gasteiger partial charge in [0.25, 0.3) is 5.56 Å². The van der Waals surface area contributed by atoms with E-state index in [4.69, 9.17) is 11.6 Å². The molecule has 0 bridgehead atoms. The van der Waals surface area contributed by atoms with Crippen molar-refractivity contribution in [3.05, 3.63) is 60.7 Å². The van der Waals surface area contributed by atoms with Crippen molar-refractivity contribution in [1.82, 2.24) is 28.2 Å². The van der Waals surface area contributed by atoms with Crippen molar-refractivity contribution < 1.29 is 4.79 Å². The highest BCUT2D eigenvalue weighted by Crippen LogP contribution is 2.24. The SMILES string of the molecule is Cc1cc(C(=O)Cn2c(Cl)nc3c2c(=O)n(C)c(=O)n3C)c(C)n1-c1nccs1. The molecule has 9 nitrogen and oxygen atoms in total. The second-order valence-corrected chi connectivity index (χ2v) is 7.91. The molecule has 0 aliphatic carbocycles. The molecule has 0 spiro atoms. The molecular formula is C18H17ClN6O3S. The van der Waals surface area contributed by atoms with Crippen LogP contribution < -0.4 is 11.2 Å². The summed E-state index contributed by atoms with van der Waals surface area (Å²) in [4.78, 5) is 46.3. The summed E-state index contributed by atoms with van der Waals surface area (Å²) in [7, 11) is 2.88. The van der Waals surface area contributed by atoms with Crippen LogP contribution in [0.15, 0.2) is 27.2 Å². The zero-order chi connectivity index (χ0) is 21.0. The number of carbonyl (C=O) groups excluding carboxylic acids is 1. The van der Waals surface area contributed by atoms with E-state index in [9.17, 15) is 14.4 Å². The number of rotatable bonds is 4. The first-order chi connectivity index (χ1) is 13.7. The molecule has 4 rings (SSSR count). The number of imidazole rings is 1. The van der Waals surface area contributed by atoms with Gasteiger partial charge in [0, 0.05) is 42.6 Å². The number of thiazole rings is 1. The first-order valence-corrected chi connectivity index (χ1v) is 9.92. The summed E-state index contributed by atoms with van der Waals surface area (Å²) in [5, 5.41) is 2.61. The fraction of sp³-hybridized carbons (Fsp3) is 0.278. The van der Waals surface area contributed by atoms with Gasteiger partial charge in [-0.3, -0.25) is 23.3 Å². The Hall–Kier alpha value is -2.98. The molecule has 0 amide bonds. The van der Waals surface area contributed by atoms with E-state index < -0.39 is 11.2 Å². The molecule has 0 saturated carbocycles. The number of aryl methyl sites for hydroxylation is 2. The highest BCUT2D eigenvalue weighted by molar-refractivity contribution is 7.12. The monoisotopic (exact) mass is 432 g/mol. The molecule has 0 aliphatic heterocycles. The van der Waals surface area contributed by atoms with Gasteiger partial charge in [-0.15, -0.1) is 11.3 Å². The Morgan fingerprint density at radius 2 is 1.93 bits per heavy atom. The van der Waals surface area contributed by atoms with Crippen molar-refractivity contribution in [3.8, 4) is 5.13 Å². The highest BCUT2D eigenvalue weighted by atomic mass is 35.5. The fourth-order valence-corrected chi connectivity index (χ4v) is 4.43. The second kappa shape index (κ2) is 6.82. The third-order valence-corrected chi connectivity index (χ3v) is 5.99. The quantitative estimate of drug-likeness (QED) is 0.362. The summed E-state index contributed by atoms with van der Waals surface area (Å²) in [6.45, 7) is 3.57. The average molecular weight is 433 g/mol. The Bertz CT molecular complexity index is 1390. The lowest BCUT2D eigenvalue weighted by Gasteiger charge is -2.08. The molecule has 0 aromatic carbocycles. The second-order valence-electron chi connectivity index (χ2n) is 6.70. The van der Waals surface area contributed by atoms with Crippen molar-refractivity contribution in [1.29, 1.82) is 0 Å². The van der Waals surface area contributed by atoms with E-state index in [2.05, 4.69) is 9.97 Å². The van der Waals surface area contributed by atoms with E-state index in [1.54, 1.807) is 12.3 Å². The zero-order valence-corrected chi connectivity index (χ0v) is 17.7. The minimum absolute atomic E-state index is 0.0274. The van der Waals surface area contributed by atoms with Gasteiger partial charge in [-0.25, -0.2) is 9.78 Å². The summed E-state index contributed by atoms with van der Waals surface area (Å²) in [5.74, 6) is -0.224. The highest BCUT2D eigenvalue weighted by Gasteiger charge is 2.23. The van der Waals surface area contributed by atoms with E-state index >= 15 is 0 Å². The summed E-state index contributed by atoms with van der Waals surface area (Å²) in [5.41, 5.74) is 1.33. The van der Waals surface area contributed by atoms with E-state index in [1.807, 2.05) is 23.8 Å². The number of ketones is 1. The minimum Gasteiger partial charge on any atom is -0.301 e. The van der Waals surface area contributed by atoms with Crippen molar-refractivity contribution in [2.45, 2.75) is 20.4 Å². The van der Waals surface area contributed by atoms with E-state index in [0.29, 0.717) is 5.56 Å². The minimum atomic E-state index is -0.552. The molecule has 0 aliphatic rings. The molecule has 0 unspecified atom stereocenters. The lowest BCUT2D eigenvalue weighted by molar-refractivity contribution is 0.0973. The number of fused-ring (bicyclic) bond motifs is 1.